The van der Waals surface area contributed by atoms with E-state index >= 15 is 0 Å². The first-order chi connectivity index (χ1) is 29.5. The van der Waals surface area contributed by atoms with E-state index in [1.807, 2.05) is 0 Å². The molecule has 0 N–H and O–H groups in total. The van der Waals surface area contributed by atoms with Crippen molar-refractivity contribution in [2.45, 2.75) is 0 Å². The number of rotatable bonds is 5. The number of hydrogen-bond donors (Lipinski definition) is 0. The maximum atomic E-state index is 5.33. The second-order valence-electron chi connectivity index (χ2n) is 18.4. The predicted molar refractivity (Wildman–Crippen MR) is 320 cm³/mol. The Hall–Kier alpha value is -5.28. The third-order valence-electron chi connectivity index (χ3n) is 15.8. The van der Waals surface area contributed by atoms with Crippen LogP contribution in [-0.4, -0.2) is 127 Å². The van der Waals surface area contributed by atoms with Gasteiger partial charge in [0.05, 0.1) is 11.0 Å². The molecule has 0 fully saturated rings. The van der Waals surface area contributed by atoms with Gasteiger partial charge >= 0.3 is 0 Å². The molecular formula is C45H45B15N2. The Bertz CT molecular complexity index is 3330. The normalized spacial score (nSPS) is 11.5. The fraction of sp³-hybridized carbons (Fsp3) is 0. The zero-order chi connectivity index (χ0) is 44.2. The van der Waals surface area contributed by atoms with Crippen LogP contribution < -0.4 is 81.9 Å². The van der Waals surface area contributed by atoms with Crippen LogP contribution in [0.15, 0.2) is 91.0 Å². The van der Waals surface area contributed by atoms with Crippen LogP contribution in [-0.2, 0) is 0 Å². The molecule has 0 spiro atoms. The first-order valence-electron chi connectivity index (χ1n) is 22.3. The molecule has 0 saturated heterocycles. The summed E-state index contributed by atoms with van der Waals surface area (Å²) in [5.74, 6) is 0.997. The molecule has 9 aromatic rings. The summed E-state index contributed by atoms with van der Waals surface area (Å²) in [5, 5.41) is 5.20. The summed E-state index contributed by atoms with van der Waals surface area (Å²) in [6.45, 7) is 0. The molecule has 1 heterocycles. The van der Waals surface area contributed by atoms with Crippen LogP contribution in [0, 0.1) is 0 Å². The molecule has 0 aliphatic heterocycles. The van der Waals surface area contributed by atoms with Gasteiger partial charge in [-0.15, -0.1) is 49.2 Å². The highest BCUT2D eigenvalue weighted by molar-refractivity contribution is 6.71. The topological polar surface area (TPSA) is 17.8 Å². The minimum absolute atomic E-state index is 0.997. The molecule has 0 bridgehead atoms. The van der Waals surface area contributed by atoms with E-state index in [0.717, 1.165) is 22.5 Å². The Labute approximate surface area is 381 Å². The molecule has 280 valence electrons. The quantitative estimate of drug-likeness (QED) is 0.126. The van der Waals surface area contributed by atoms with E-state index in [1.54, 1.807) is 0 Å². The zero-order valence-corrected chi connectivity index (χ0v) is 39.6. The maximum Gasteiger partial charge on any atom is 0.144 e. The maximum absolute atomic E-state index is 5.33. The van der Waals surface area contributed by atoms with Crippen molar-refractivity contribution in [3.05, 3.63) is 91.0 Å². The fourth-order valence-electron chi connectivity index (χ4n) is 10.7. The summed E-state index contributed by atoms with van der Waals surface area (Å²) in [6, 6.07) is 34.2. The summed E-state index contributed by atoms with van der Waals surface area (Å²) in [4.78, 5) is 5.33. The average Bonchev–Trinajstić information content (AvgIpc) is 3.67. The monoisotopic (exact) mass is 778 g/mol. The zero-order valence-electron chi connectivity index (χ0n) is 39.6. The van der Waals surface area contributed by atoms with E-state index in [0.29, 0.717) is 0 Å². The summed E-state index contributed by atoms with van der Waals surface area (Å²) < 4.78 is 2.36. The summed E-state index contributed by atoms with van der Waals surface area (Å²) in [5.41, 5.74) is 32.6. The van der Waals surface area contributed by atoms with Crippen molar-refractivity contribution in [2.24, 2.45) is 0 Å². The second kappa shape index (κ2) is 15.5. The number of aromatic nitrogens is 2. The van der Waals surface area contributed by atoms with Crippen molar-refractivity contribution in [1.29, 1.82) is 0 Å². The van der Waals surface area contributed by atoms with Crippen molar-refractivity contribution in [3.63, 3.8) is 0 Å². The molecule has 0 atom stereocenters. The standard InChI is InChI=1S/C45H45B15N2/c46-30-27(31(47)37(53)42(58)36(30)52)25-19-5-1-2-6-20(19)26(28-32(48)38(54)43(59)39(55)33(28)49)22-15-17(11-14-21(22)25)16-9-12-18(13-10-16)62-24-8-4-3-7-23(24)61-45(62)29-34(50)40(56)44(60)41(57)35(29)51/h1-15H,46-60H2. The van der Waals surface area contributed by atoms with Gasteiger partial charge in [0, 0.05) is 11.3 Å². The largest absolute Gasteiger partial charge is 0.292 e. The number of fused-ring (bicyclic) bond motifs is 3. The first-order valence-corrected chi connectivity index (χ1v) is 22.3. The van der Waals surface area contributed by atoms with E-state index in [-0.39, 0.29) is 0 Å². The van der Waals surface area contributed by atoms with Gasteiger partial charge in [-0.25, -0.2) is 4.98 Å². The SMILES string of the molecule is Bc1c(B)c(B)c(-c2c3ccccc3c(-c3c(B)c(B)c(B)c(B)c3B)c3cc(-c4ccc(-n5c(-c6c(B)c(B)c(B)c(B)c6B)nc6ccccc65)cc4)ccc23)c(B)c1B. The second-order valence-corrected chi connectivity index (χ2v) is 18.4. The van der Waals surface area contributed by atoms with Gasteiger partial charge in [-0.1, -0.05) is 93.4 Å². The van der Waals surface area contributed by atoms with Crippen LogP contribution in [0.3, 0.4) is 0 Å². The van der Waals surface area contributed by atoms with E-state index in [1.165, 1.54) is 142 Å². The number of hydrogen-bond acceptors (Lipinski definition) is 1. The Morgan fingerprint density at radius 3 is 1.16 bits per heavy atom. The van der Waals surface area contributed by atoms with Gasteiger partial charge in [-0.05, 0) is 85.3 Å². The average molecular weight is 776 g/mol. The number of imidazole rings is 1. The Kier molecular flexibility index (Phi) is 10.5. The highest BCUT2D eigenvalue weighted by Gasteiger charge is 2.25. The van der Waals surface area contributed by atoms with Gasteiger partial charge in [0.15, 0.2) is 0 Å². The van der Waals surface area contributed by atoms with Gasteiger partial charge in [0.2, 0.25) is 0 Å². The lowest BCUT2D eigenvalue weighted by Gasteiger charge is -2.27. The van der Waals surface area contributed by atoms with Crippen molar-refractivity contribution in [1.82, 2.24) is 9.55 Å². The smallest absolute Gasteiger partial charge is 0.144 e. The molecule has 9 rings (SSSR count). The van der Waals surface area contributed by atoms with Crippen molar-refractivity contribution in [2.75, 3.05) is 0 Å². The highest BCUT2D eigenvalue weighted by atomic mass is 15.1. The molecule has 0 amide bonds. The van der Waals surface area contributed by atoms with E-state index in [2.05, 4.69) is 213 Å². The lowest BCUT2D eigenvalue weighted by Crippen LogP contribution is -2.55. The fourth-order valence-corrected chi connectivity index (χ4v) is 10.7. The van der Waals surface area contributed by atoms with E-state index < -0.39 is 0 Å². The number of benzene rings is 8. The predicted octanol–water partition coefficient (Wildman–Crippen LogP) is -14.1. The highest BCUT2D eigenvalue weighted by Crippen LogP contribution is 2.43. The molecule has 17 heteroatoms. The molecule has 8 aromatic carbocycles. The van der Waals surface area contributed by atoms with Gasteiger partial charge in [0.1, 0.15) is 124 Å². The summed E-state index contributed by atoms with van der Waals surface area (Å²) in [7, 11) is 34.3. The number of nitrogens with zero attached hydrogens (tertiary/aromatic N) is 2. The van der Waals surface area contributed by atoms with Crippen molar-refractivity contribution < 1.29 is 0 Å². The number of para-hydroxylation sites is 2. The molecule has 0 saturated carbocycles. The molecule has 2 nitrogen and oxygen atoms in total. The Morgan fingerprint density at radius 1 is 0.306 bits per heavy atom. The minimum atomic E-state index is 0.997. The molecular weight excluding hydrogens is 731 g/mol. The Balaban J connectivity index is 1.32. The molecule has 62 heavy (non-hydrogen) atoms. The van der Waals surface area contributed by atoms with Gasteiger partial charge < -0.3 is 0 Å². The van der Waals surface area contributed by atoms with Gasteiger partial charge in [-0.3, -0.25) is 4.57 Å². The van der Waals surface area contributed by atoms with Crippen LogP contribution in [0.1, 0.15) is 0 Å². The van der Waals surface area contributed by atoms with E-state index in [9.17, 15) is 0 Å². The molecule has 1 aromatic heterocycles. The minimum Gasteiger partial charge on any atom is -0.292 e. The van der Waals surface area contributed by atoms with Crippen LogP contribution in [0.25, 0.3) is 83.0 Å². The van der Waals surface area contributed by atoms with Crippen LogP contribution in [0.4, 0.5) is 0 Å². The summed E-state index contributed by atoms with van der Waals surface area (Å²) in [6.07, 6.45) is 0. The van der Waals surface area contributed by atoms with Crippen molar-refractivity contribution >= 4 is 232 Å². The summed E-state index contributed by atoms with van der Waals surface area (Å²) >= 11 is 0. The van der Waals surface area contributed by atoms with E-state index in [4.69, 9.17) is 4.98 Å². The first kappa shape index (κ1) is 42.0. The third kappa shape index (κ3) is 6.19. The van der Waals surface area contributed by atoms with Crippen LogP contribution >= 0.6 is 0 Å². The van der Waals surface area contributed by atoms with Gasteiger partial charge in [-0.2, -0.15) is 0 Å². The lowest BCUT2D eigenvalue weighted by molar-refractivity contribution is 1.11. The van der Waals surface area contributed by atoms with Crippen LogP contribution in [0.5, 0.6) is 0 Å². The molecule has 0 radical (unpaired) electrons. The Morgan fingerprint density at radius 2 is 0.677 bits per heavy atom. The molecule has 0 unspecified atom stereocenters. The van der Waals surface area contributed by atoms with Gasteiger partial charge in [0.25, 0.3) is 0 Å². The molecule has 0 aliphatic carbocycles. The van der Waals surface area contributed by atoms with Crippen molar-refractivity contribution in [3.8, 4) is 50.5 Å². The van der Waals surface area contributed by atoms with Crippen LogP contribution in [0.2, 0.25) is 0 Å². The lowest BCUT2D eigenvalue weighted by atomic mass is 9.58. The third-order valence-corrected chi connectivity index (χ3v) is 15.8. The molecule has 0 aliphatic rings.